The number of ether oxygens (including phenoxy) is 1. The van der Waals surface area contributed by atoms with Gasteiger partial charge in [0.05, 0.1) is 23.9 Å². The number of benzene rings is 2. The summed E-state index contributed by atoms with van der Waals surface area (Å²) in [7, 11) is 1.43. The predicted molar refractivity (Wildman–Crippen MR) is 95.7 cm³/mol. The Morgan fingerprint density at radius 3 is 2.58 bits per heavy atom. The predicted octanol–water partition coefficient (Wildman–Crippen LogP) is 4.51. The molecule has 0 fully saturated rings. The molecule has 3 nitrogen and oxygen atoms in total. The van der Waals surface area contributed by atoms with E-state index < -0.39 is 0 Å². The summed E-state index contributed by atoms with van der Waals surface area (Å²) in [6.07, 6.45) is 3.86. The van der Waals surface area contributed by atoms with Crippen molar-refractivity contribution in [3.8, 4) is 0 Å². The standard InChI is InChI=1S/C21H17NO2/c1-24-21(23)19-16-9-5-6-10-18(16)22-20-15(11-12-17(19)20)13-14-7-3-2-4-8-14/h2-10,13H,11-12H2,1H3. The lowest BCUT2D eigenvalue weighted by Crippen LogP contribution is -2.08. The molecule has 4 rings (SSSR count). The minimum Gasteiger partial charge on any atom is -0.465 e. The van der Waals surface area contributed by atoms with Crippen molar-refractivity contribution in [2.45, 2.75) is 12.8 Å². The van der Waals surface area contributed by atoms with Crippen LogP contribution in [0, 0.1) is 0 Å². The minimum atomic E-state index is -0.286. The van der Waals surface area contributed by atoms with Crippen LogP contribution in [-0.4, -0.2) is 18.1 Å². The first-order valence-corrected chi connectivity index (χ1v) is 8.04. The molecule has 0 radical (unpaired) electrons. The largest absolute Gasteiger partial charge is 0.465 e. The number of pyridine rings is 1. The quantitative estimate of drug-likeness (QED) is 0.653. The maximum atomic E-state index is 12.4. The number of carbonyl (C=O) groups is 1. The third-order valence-corrected chi connectivity index (χ3v) is 4.47. The average molecular weight is 315 g/mol. The molecule has 0 saturated heterocycles. The van der Waals surface area contributed by atoms with Gasteiger partial charge in [-0.3, -0.25) is 0 Å². The van der Waals surface area contributed by atoms with Crippen molar-refractivity contribution in [2.75, 3.05) is 7.11 Å². The number of allylic oxidation sites excluding steroid dienone is 1. The zero-order valence-electron chi connectivity index (χ0n) is 13.5. The van der Waals surface area contributed by atoms with Gasteiger partial charge in [0.25, 0.3) is 0 Å². The van der Waals surface area contributed by atoms with Gasteiger partial charge in [0, 0.05) is 5.39 Å². The molecule has 1 aliphatic rings. The van der Waals surface area contributed by atoms with Crippen LogP contribution in [0.2, 0.25) is 0 Å². The average Bonchev–Trinajstić information content (AvgIpc) is 3.02. The van der Waals surface area contributed by atoms with Gasteiger partial charge in [0.2, 0.25) is 0 Å². The summed E-state index contributed by atoms with van der Waals surface area (Å²) in [5.74, 6) is -0.286. The van der Waals surface area contributed by atoms with Crippen molar-refractivity contribution in [3.05, 3.63) is 77.0 Å². The third kappa shape index (κ3) is 2.38. The normalized spacial score (nSPS) is 14.8. The summed E-state index contributed by atoms with van der Waals surface area (Å²) in [5.41, 5.74) is 5.75. The van der Waals surface area contributed by atoms with Gasteiger partial charge in [0.1, 0.15) is 0 Å². The molecular weight excluding hydrogens is 298 g/mol. The van der Waals surface area contributed by atoms with Crippen LogP contribution in [0.15, 0.2) is 54.6 Å². The first kappa shape index (κ1) is 14.6. The van der Waals surface area contributed by atoms with Crippen LogP contribution >= 0.6 is 0 Å². The van der Waals surface area contributed by atoms with Crippen LogP contribution in [0.1, 0.15) is 33.6 Å². The van der Waals surface area contributed by atoms with E-state index in [9.17, 15) is 4.79 Å². The Hall–Kier alpha value is -2.94. The molecule has 0 aliphatic heterocycles. The number of carbonyl (C=O) groups excluding carboxylic acids is 1. The van der Waals surface area contributed by atoms with Crippen LogP contribution < -0.4 is 0 Å². The Morgan fingerprint density at radius 2 is 1.79 bits per heavy atom. The molecule has 1 aromatic heterocycles. The van der Waals surface area contributed by atoms with E-state index in [2.05, 4.69) is 18.2 Å². The number of methoxy groups -OCH3 is 1. The summed E-state index contributed by atoms with van der Waals surface area (Å²) < 4.78 is 5.04. The van der Waals surface area contributed by atoms with E-state index in [4.69, 9.17) is 9.72 Å². The summed E-state index contributed by atoms with van der Waals surface area (Å²) in [5, 5.41) is 0.865. The Kier molecular flexibility index (Phi) is 3.62. The summed E-state index contributed by atoms with van der Waals surface area (Å²) >= 11 is 0. The lowest BCUT2D eigenvalue weighted by atomic mass is 10.0. The number of rotatable bonds is 2. The Bertz CT molecular complexity index is 958. The number of nitrogens with zero attached hydrogens (tertiary/aromatic N) is 1. The molecule has 24 heavy (non-hydrogen) atoms. The molecule has 0 amide bonds. The van der Waals surface area contributed by atoms with Gasteiger partial charge in [-0.25, -0.2) is 9.78 Å². The van der Waals surface area contributed by atoms with Crippen molar-refractivity contribution in [3.63, 3.8) is 0 Å². The summed E-state index contributed by atoms with van der Waals surface area (Å²) in [4.78, 5) is 17.2. The lowest BCUT2D eigenvalue weighted by molar-refractivity contribution is 0.0602. The molecule has 3 heteroatoms. The highest BCUT2D eigenvalue weighted by Crippen LogP contribution is 2.37. The van der Waals surface area contributed by atoms with Gasteiger partial charge < -0.3 is 4.74 Å². The van der Waals surface area contributed by atoms with Gasteiger partial charge in [-0.15, -0.1) is 0 Å². The van der Waals surface area contributed by atoms with Gasteiger partial charge in [0.15, 0.2) is 0 Å². The van der Waals surface area contributed by atoms with Crippen molar-refractivity contribution >= 4 is 28.5 Å². The van der Waals surface area contributed by atoms with Crippen LogP contribution in [0.4, 0.5) is 0 Å². The fraction of sp³-hybridized carbons (Fsp3) is 0.143. The van der Waals surface area contributed by atoms with Crippen LogP contribution in [0.5, 0.6) is 0 Å². The Morgan fingerprint density at radius 1 is 1.04 bits per heavy atom. The molecule has 0 saturated carbocycles. The minimum absolute atomic E-state index is 0.286. The van der Waals surface area contributed by atoms with Crippen LogP contribution in [-0.2, 0) is 11.2 Å². The fourth-order valence-corrected chi connectivity index (χ4v) is 3.36. The highest BCUT2D eigenvalue weighted by atomic mass is 16.5. The maximum absolute atomic E-state index is 12.4. The highest BCUT2D eigenvalue weighted by molar-refractivity contribution is 6.07. The molecule has 3 aromatic rings. The van der Waals surface area contributed by atoms with E-state index in [0.717, 1.165) is 40.6 Å². The van der Waals surface area contributed by atoms with Crippen molar-refractivity contribution in [2.24, 2.45) is 0 Å². The Labute approximate surface area is 140 Å². The number of hydrogen-bond donors (Lipinski definition) is 0. The van der Waals surface area contributed by atoms with Crippen molar-refractivity contribution in [1.29, 1.82) is 0 Å². The van der Waals surface area contributed by atoms with E-state index >= 15 is 0 Å². The topological polar surface area (TPSA) is 39.2 Å². The first-order chi connectivity index (χ1) is 11.8. The molecule has 118 valence electrons. The second-order valence-electron chi connectivity index (χ2n) is 5.90. The van der Waals surface area contributed by atoms with Gasteiger partial charge in [-0.2, -0.15) is 0 Å². The van der Waals surface area contributed by atoms with E-state index in [-0.39, 0.29) is 5.97 Å². The van der Waals surface area contributed by atoms with Crippen molar-refractivity contribution in [1.82, 2.24) is 4.98 Å². The summed E-state index contributed by atoms with van der Waals surface area (Å²) in [6, 6.07) is 18.0. The molecule has 2 aromatic carbocycles. The molecule has 0 spiro atoms. The first-order valence-electron chi connectivity index (χ1n) is 8.04. The van der Waals surface area contributed by atoms with Crippen LogP contribution in [0.3, 0.4) is 0 Å². The third-order valence-electron chi connectivity index (χ3n) is 4.47. The monoisotopic (exact) mass is 315 g/mol. The molecule has 0 bridgehead atoms. The maximum Gasteiger partial charge on any atom is 0.338 e. The van der Waals surface area contributed by atoms with Gasteiger partial charge >= 0.3 is 5.97 Å². The Balaban J connectivity index is 1.95. The second kappa shape index (κ2) is 5.93. The zero-order chi connectivity index (χ0) is 16.5. The van der Waals surface area contributed by atoms with E-state index in [1.54, 1.807) is 0 Å². The molecule has 0 unspecified atom stereocenters. The number of para-hydroxylation sites is 1. The molecular formula is C21H17NO2. The molecule has 1 aliphatic carbocycles. The molecule has 0 N–H and O–H groups in total. The van der Waals surface area contributed by atoms with Crippen LogP contribution in [0.25, 0.3) is 22.6 Å². The second-order valence-corrected chi connectivity index (χ2v) is 5.90. The van der Waals surface area contributed by atoms with E-state index in [1.165, 1.54) is 12.7 Å². The summed E-state index contributed by atoms with van der Waals surface area (Å²) in [6.45, 7) is 0. The number of fused-ring (bicyclic) bond motifs is 2. The fourth-order valence-electron chi connectivity index (χ4n) is 3.36. The highest BCUT2D eigenvalue weighted by Gasteiger charge is 2.27. The number of aromatic nitrogens is 1. The SMILES string of the molecule is COC(=O)c1c2c(nc3ccccc13)C(=Cc1ccccc1)CC2. The van der Waals surface area contributed by atoms with E-state index in [0.29, 0.717) is 5.56 Å². The smallest absolute Gasteiger partial charge is 0.338 e. The van der Waals surface area contributed by atoms with Gasteiger partial charge in [-0.05, 0) is 41.7 Å². The van der Waals surface area contributed by atoms with E-state index in [1.807, 2.05) is 42.5 Å². The molecule has 0 atom stereocenters. The number of hydrogen-bond acceptors (Lipinski definition) is 3. The van der Waals surface area contributed by atoms with Crippen molar-refractivity contribution < 1.29 is 9.53 Å². The van der Waals surface area contributed by atoms with Gasteiger partial charge in [-0.1, -0.05) is 48.5 Å². The zero-order valence-corrected chi connectivity index (χ0v) is 13.5. The lowest BCUT2D eigenvalue weighted by Gasteiger charge is -2.10. The molecule has 1 heterocycles. The number of esters is 1.